The molecule has 0 radical (unpaired) electrons. The van der Waals surface area contributed by atoms with E-state index in [9.17, 15) is 0 Å². The van der Waals surface area contributed by atoms with Crippen molar-refractivity contribution in [1.82, 2.24) is 0 Å². The number of rotatable bonds is 12. The van der Waals surface area contributed by atoms with Crippen molar-refractivity contribution in [1.29, 1.82) is 0 Å². The summed E-state index contributed by atoms with van der Waals surface area (Å²) in [7, 11) is 0. The number of halogens is 1. The molecule has 1 atom stereocenters. The molecule has 0 heterocycles. The molecule has 0 aromatic heterocycles. The molecule has 0 N–H and O–H groups in total. The lowest BCUT2D eigenvalue weighted by atomic mass is 10.1. The summed E-state index contributed by atoms with van der Waals surface area (Å²) in [5.74, 6) is 3.03. The van der Waals surface area contributed by atoms with E-state index >= 15 is 0 Å². The number of unbranched alkanes of at least 4 members (excludes halogenated alkanes) is 5. The predicted octanol–water partition coefficient (Wildman–Crippen LogP) is 5.38. The van der Waals surface area contributed by atoms with E-state index in [-0.39, 0.29) is 0 Å². The third kappa shape index (κ3) is 7.56. The maximum Gasteiger partial charge on any atom is 0.200 e. The number of nitrogens with zero attached hydrogens (tertiary/aromatic N) is 1. The molecule has 0 rings (SSSR count). The number of quaternary nitrogens is 1. The van der Waals surface area contributed by atoms with E-state index in [1.165, 1.54) is 71.0 Å². The molecule has 0 aromatic carbocycles. The second-order valence-electron chi connectivity index (χ2n) is 5.66. The zero-order valence-electron chi connectivity index (χ0n) is 13.3. The van der Waals surface area contributed by atoms with E-state index in [2.05, 4.69) is 49.3 Å². The topological polar surface area (TPSA) is 0 Å². The summed E-state index contributed by atoms with van der Waals surface area (Å²) >= 11 is 2.50. The normalized spacial score (nSPS) is 13.2. The van der Waals surface area contributed by atoms with E-state index in [0.29, 0.717) is 4.05 Å². The number of terminal acetylenes is 1. The molecule has 0 bridgehead atoms. The van der Waals surface area contributed by atoms with Gasteiger partial charge >= 0.3 is 0 Å². The molecule has 0 spiro atoms. The average Bonchev–Trinajstić information content (AvgIpc) is 2.43. The fraction of sp³-hybridized carbons (Fsp3) is 0.882. The van der Waals surface area contributed by atoms with Gasteiger partial charge in [0.15, 0.2) is 0 Å². The highest BCUT2D eigenvalue weighted by atomic mass is 127. The highest BCUT2D eigenvalue weighted by molar-refractivity contribution is 14.1. The van der Waals surface area contributed by atoms with Crippen molar-refractivity contribution in [3.63, 3.8) is 0 Å². The summed E-state index contributed by atoms with van der Waals surface area (Å²) in [5.41, 5.74) is 0. The van der Waals surface area contributed by atoms with Gasteiger partial charge in [-0.3, -0.25) is 0 Å². The first-order valence-corrected chi connectivity index (χ1v) is 9.37. The Balaban J connectivity index is 4.70. The van der Waals surface area contributed by atoms with Gasteiger partial charge < -0.3 is 4.48 Å². The van der Waals surface area contributed by atoms with Gasteiger partial charge in [0.1, 0.15) is 0 Å². The molecule has 112 valence electrons. The molecule has 19 heavy (non-hydrogen) atoms. The molecule has 0 amide bonds. The van der Waals surface area contributed by atoms with Crippen LogP contribution in [0.5, 0.6) is 0 Å². The van der Waals surface area contributed by atoms with Crippen LogP contribution in [-0.2, 0) is 0 Å². The smallest absolute Gasteiger partial charge is 0.200 e. The largest absolute Gasteiger partial charge is 0.303 e. The molecular weight excluding hydrogens is 345 g/mol. The maximum atomic E-state index is 5.77. The quantitative estimate of drug-likeness (QED) is 0.107. The Bertz CT molecular complexity index is 234. The van der Waals surface area contributed by atoms with Gasteiger partial charge in [0, 0.05) is 22.6 Å². The Kier molecular flexibility index (Phi) is 12.2. The van der Waals surface area contributed by atoms with Crippen LogP contribution in [0.4, 0.5) is 0 Å². The number of hydrogen-bond acceptors (Lipinski definition) is 0. The van der Waals surface area contributed by atoms with Gasteiger partial charge in [0.05, 0.1) is 19.6 Å². The van der Waals surface area contributed by atoms with E-state index in [0.717, 1.165) is 4.48 Å². The van der Waals surface area contributed by atoms with Crippen LogP contribution >= 0.6 is 22.6 Å². The molecule has 0 aromatic rings. The van der Waals surface area contributed by atoms with Crippen LogP contribution in [0.15, 0.2) is 0 Å². The van der Waals surface area contributed by atoms with Gasteiger partial charge in [-0.15, -0.1) is 6.42 Å². The van der Waals surface area contributed by atoms with Crippen LogP contribution in [0.3, 0.4) is 0 Å². The zero-order chi connectivity index (χ0) is 14.6. The minimum Gasteiger partial charge on any atom is -0.303 e. The molecule has 0 aliphatic heterocycles. The summed E-state index contributed by atoms with van der Waals surface area (Å²) in [5, 5.41) is 0. The van der Waals surface area contributed by atoms with Crippen molar-refractivity contribution in [3.8, 4) is 12.3 Å². The monoisotopic (exact) mass is 378 g/mol. The van der Waals surface area contributed by atoms with Crippen molar-refractivity contribution in [2.24, 2.45) is 0 Å². The number of hydrogen-bond donors (Lipinski definition) is 0. The van der Waals surface area contributed by atoms with Gasteiger partial charge in [0.2, 0.25) is 4.05 Å². The third-order valence-electron chi connectivity index (χ3n) is 3.99. The SMILES string of the molecule is C#CC(I)[N+](CCCC)(CCCCC)CCCCC. The van der Waals surface area contributed by atoms with Crippen LogP contribution in [0.1, 0.15) is 72.1 Å². The van der Waals surface area contributed by atoms with Gasteiger partial charge in [-0.05, 0) is 38.0 Å². The molecule has 0 saturated carbocycles. The standard InChI is InChI=1S/C17H33IN/c1-5-9-12-15-19(14-11-7-3,17(18)8-4)16-13-10-6-2/h4,17H,5-7,9-16H2,1-3H3/q+1. The molecule has 0 aliphatic rings. The van der Waals surface area contributed by atoms with Crippen LogP contribution in [0.2, 0.25) is 0 Å². The zero-order valence-corrected chi connectivity index (χ0v) is 15.4. The second kappa shape index (κ2) is 12.0. The fourth-order valence-corrected chi connectivity index (χ4v) is 3.50. The Morgan fingerprint density at radius 1 is 0.842 bits per heavy atom. The molecular formula is C17H33IN+. The van der Waals surface area contributed by atoms with Crippen LogP contribution in [0.25, 0.3) is 0 Å². The first-order chi connectivity index (χ1) is 9.16. The maximum absolute atomic E-state index is 5.77. The van der Waals surface area contributed by atoms with Crippen molar-refractivity contribution >= 4 is 22.6 Å². The first-order valence-electron chi connectivity index (χ1n) is 8.12. The predicted molar refractivity (Wildman–Crippen MR) is 95.5 cm³/mol. The second-order valence-corrected chi connectivity index (χ2v) is 6.84. The summed E-state index contributed by atoms with van der Waals surface area (Å²) < 4.78 is 1.50. The van der Waals surface area contributed by atoms with Gasteiger partial charge in [-0.2, -0.15) is 0 Å². The minimum atomic E-state index is 0.345. The minimum absolute atomic E-state index is 0.345. The lowest BCUT2D eigenvalue weighted by molar-refractivity contribution is -0.927. The Morgan fingerprint density at radius 2 is 1.26 bits per heavy atom. The van der Waals surface area contributed by atoms with Gasteiger partial charge in [-0.1, -0.05) is 40.0 Å². The molecule has 1 unspecified atom stereocenters. The van der Waals surface area contributed by atoms with E-state index in [1.807, 2.05) is 0 Å². The lowest BCUT2D eigenvalue weighted by Crippen LogP contribution is -2.54. The summed E-state index contributed by atoms with van der Waals surface area (Å²) in [6.07, 6.45) is 16.3. The van der Waals surface area contributed by atoms with Crippen LogP contribution in [0, 0.1) is 12.3 Å². The Labute approximate surface area is 135 Å². The van der Waals surface area contributed by atoms with E-state index in [4.69, 9.17) is 6.42 Å². The highest BCUT2D eigenvalue weighted by Gasteiger charge is 2.32. The summed E-state index contributed by atoms with van der Waals surface area (Å²) in [4.78, 5) is 0. The molecule has 0 saturated heterocycles. The molecule has 1 nitrogen and oxygen atoms in total. The van der Waals surface area contributed by atoms with E-state index in [1.54, 1.807) is 0 Å². The highest BCUT2D eigenvalue weighted by Crippen LogP contribution is 2.24. The average molecular weight is 378 g/mol. The van der Waals surface area contributed by atoms with Crippen molar-refractivity contribution in [2.45, 2.75) is 76.2 Å². The first kappa shape index (κ1) is 19.2. The van der Waals surface area contributed by atoms with E-state index < -0.39 is 0 Å². The molecule has 2 heteroatoms. The van der Waals surface area contributed by atoms with Crippen molar-refractivity contribution in [3.05, 3.63) is 0 Å². The molecule has 0 aliphatic carbocycles. The van der Waals surface area contributed by atoms with Crippen molar-refractivity contribution in [2.75, 3.05) is 19.6 Å². The van der Waals surface area contributed by atoms with Crippen LogP contribution in [-0.4, -0.2) is 28.2 Å². The third-order valence-corrected chi connectivity index (χ3v) is 5.53. The lowest BCUT2D eigenvalue weighted by Gasteiger charge is -2.41. The fourth-order valence-electron chi connectivity index (χ4n) is 2.66. The number of alkyl halides is 1. The van der Waals surface area contributed by atoms with Gasteiger partial charge in [-0.25, -0.2) is 0 Å². The van der Waals surface area contributed by atoms with Crippen molar-refractivity contribution < 1.29 is 4.48 Å². The van der Waals surface area contributed by atoms with Gasteiger partial charge in [0.25, 0.3) is 0 Å². The summed E-state index contributed by atoms with van der Waals surface area (Å²) in [6, 6.07) is 0. The molecule has 0 fully saturated rings. The summed E-state index contributed by atoms with van der Waals surface area (Å²) in [6.45, 7) is 10.7. The Hall–Kier alpha value is 0.250. The van der Waals surface area contributed by atoms with Crippen LogP contribution < -0.4 is 0 Å². The Morgan fingerprint density at radius 3 is 1.63 bits per heavy atom.